The Morgan fingerprint density at radius 3 is 2.72 bits per heavy atom. The van der Waals surface area contributed by atoms with Crippen molar-refractivity contribution in [3.63, 3.8) is 0 Å². The summed E-state index contributed by atoms with van der Waals surface area (Å²) in [6, 6.07) is 6.52. The van der Waals surface area contributed by atoms with E-state index >= 15 is 0 Å². The van der Waals surface area contributed by atoms with Gasteiger partial charge in [-0.25, -0.2) is 0 Å². The van der Waals surface area contributed by atoms with Crippen LogP contribution in [0.5, 0.6) is 0 Å². The Morgan fingerprint density at radius 2 is 2.11 bits per heavy atom. The van der Waals surface area contributed by atoms with Crippen molar-refractivity contribution in [2.45, 2.75) is 12.2 Å². The SMILES string of the molecule is CC(CO)SCC(=O)NC(=O)c1ccccc1Cl. The number of aliphatic hydroxyl groups is 1. The molecule has 6 heteroatoms. The standard InChI is InChI=1S/C12H14ClNO3S/c1-8(6-15)18-7-11(16)14-12(17)9-4-2-3-5-10(9)13/h2-5,8,15H,6-7H2,1H3,(H,14,16,17). The molecule has 1 unspecified atom stereocenters. The molecule has 98 valence electrons. The normalized spacial score (nSPS) is 11.9. The minimum atomic E-state index is -0.511. The Balaban J connectivity index is 2.50. The molecule has 2 amide bonds. The fourth-order valence-corrected chi connectivity index (χ4v) is 1.98. The van der Waals surface area contributed by atoms with Gasteiger partial charge in [-0.05, 0) is 12.1 Å². The molecule has 1 atom stereocenters. The lowest BCUT2D eigenvalue weighted by molar-refractivity contribution is -0.117. The van der Waals surface area contributed by atoms with Crippen molar-refractivity contribution in [2.75, 3.05) is 12.4 Å². The number of benzene rings is 1. The largest absolute Gasteiger partial charge is 0.395 e. The third-order valence-electron chi connectivity index (χ3n) is 2.13. The number of rotatable bonds is 5. The number of thioether (sulfide) groups is 1. The summed E-state index contributed by atoms with van der Waals surface area (Å²) in [7, 11) is 0. The molecular weight excluding hydrogens is 274 g/mol. The second-order valence-corrected chi connectivity index (χ2v) is 5.50. The minimum absolute atomic E-state index is 0.00356. The van der Waals surface area contributed by atoms with E-state index in [1.54, 1.807) is 31.2 Å². The van der Waals surface area contributed by atoms with Crippen LogP contribution in [0.25, 0.3) is 0 Å². The lowest BCUT2D eigenvalue weighted by Crippen LogP contribution is -2.32. The van der Waals surface area contributed by atoms with Crippen molar-refractivity contribution in [1.82, 2.24) is 5.32 Å². The highest BCUT2D eigenvalue weighted by atomic mass is 35.5. The van der Waals surface area contributed by atoms with E-state index in [2.05, 4.69) is 5.32 Å². The number of imide groups is 1. The summed E-state index contributed by atoms with van der Waals surface area (Å²) in [5, 5.41) is 11.3. The number of nitrogens with one attached hydrogen (secondary N) is 1. The van der Waals surface area contributed by atoms with Crippen molar-refractivity contribution in [3.05, 3.63) is 34.9 Å². The van der Waals surface area contributed by atoms with E-state index in [0.29, 0.717) is 5.02 Å². The summed E-state index contributed by atoms with van der Waals surface area (Å²) in [5.74, 6) is -0.786. The number of carbonyl (C=O) groups is 2. The van der Waals surface area contributed by atoms with Crippen LogP contribution in [0.1, 0.15) is 17.3 Å². The minimum Gasteiger partial charge on any atom is -0.395 e. The van der Waals surface area contributed by atoms with E-state index in [-0.39, 0.29) is 23.2 Å². The van der Waals surface area contributed by atoms with Gasteiger partial charge in [-0.3, -0.25) is 14.9 Å². The Kier molecular flexibility index (Phi) is 6.18. The molecular formula is C12H14ClNO3S. The molecule has 0 aliphatic heterocycles. The molecule has 0 saturated heterocycles. The predicted molar refractivity (Wildman–Crippen MR) is 72.9 cm³/mol. The molecule has 0 aliphatic carbocycles. The Morgan fingerprint density at radius 1 is 1.44 bits per heavy atom. The number of aliphatic hydroxyl groups excluding tert-OH is 1. The number of hydrogen-bond donors (Lipinski definition) is 2. The molecule has 0 heterocycles. The zero-order valence-corrected chi connectivity index (χ0v) is 11.4. The zero-order valence-electron chi connectivity index (χ0n) is 9.85. The van der Waals surface area contributed by atoms with Crippen molar-refractivity contribution in [2.24, 2.45) is 0 Å². The summed E-state index contributed by atoms with van der Waals surface area (Å²) in [5.41, 5.74) is 0.271. The lowest BCUT2D eigenvalue weighted by atomic mass is 10.2. The molecule has 1 aromatic carbocycles. The highest BCUT2D eigenvalue weighted by Gasteiger charge is 2.13. The van der Waals surface area contributed by atoms with Gasteiger partial charge in [0.2, 0.25) is 5.91 Å². The molecule has 1 rings (SSSR count). The first-order valence-electron chi connectivity index (χ1n) is 5.35. The van der Waals surface area contributed by atoms with Gasteiger partial charge in [0, 0.05) is 5.25 Å². The molecule has 0 aromatic heterocycles. The topological polar surface area (TPSA) is 66.4 Å². The molecule has 0 saturated carbocycles. The molecule has 4 nitrogen and oxygen atoms in total. The predicted octanol–water partition coefficient (Wildman–Crippen LogP) is 1.71. The van der Waals surface area contributed by atoms with E-state index in [9.17, 15) is 9.59 Å². The second-order valence-electron chi connectivity index (χ2n) is 3.66. The van der Waals surface area contributed by atoms with Gasteiger partial charge < -0.3 is 5.11 Å². The highest BCUT2D eigenvalue weighted by Crippen LogP contribution is 2.14. The molecule has 0 radical (unpaired) electrons. The maximum Gasteiger partial charge on any atom is 0.259 e. The van der Waals surface area contributed by atoms with Gasteiger partial charge in [0.25, 0.3) is 5.91 Å². The third kappa shape index (κ3) is 4.68. The van der Waals surface area contributed by atoms with Crippen LogP contribution >= 0.6 is 23.4 Å². The fourth-order valence-electron chi connectivity index (χ4n) is 1.15. The third-order valence-corrected chi connectivity index (χ3v) is 3.60. The monoisotopic (exact) mass is 287 g/mol. The van der Waals surface area contributed by atoms with E-state index in [1.165, 1.54) is 11.8 Å². The molecule has 1 aromatic rings. The van der Waals surface area contributed by atoms with Gasteiger partial charge in [-0.2, -0.15) is 0 Å². The first-order chi connectivity index (χ1) is 8.54. The number of carbonyl (C=O) groups excluding carboxylic acids is 2. The van der Waals surface area contributed by atoms with Gasteiger partial charge in [0.15, 0.2) is 0 Å². The Bertz CT molecular complexity index is 439. The Labute approximate surface area is 115 Å². The number of amides is 2. The fraction of sp³-hybridized carbons (Fsp3) is 0.333. The summed E-state index contributed by atoms with van der Waals surface area (Å²) in [4.78, 5) is 23.2. The maximum atomic E-state index is 11.7. The number of hydrogen-bond acceptors (Lipinski definition) is 4. The van der Waals surface area contributed by atoms with E-state index in [4.69, 9.17) is 16.7 Å². The van der Waals surface area contributed by atoms with Gasteiger partial charge in [-0.1, -0.05) is 30.7 Å². The van der Waals surface area contributed by atoms with E-state index < -0.39 is 11.8 Å². The lowest BCUT2D eigenvalue weighted by Gasteiger charge is -2.08. The van der Waals surface area contributed by atoms with Crippen LogP contribution in [0.4, 0.5) is 0 Å². The van der Waals surface area contributed by atoms with E-state index in [0.717, 1.165) is 0 Å². The van der Waals surface area contributed by atoms with Crippen LogP contribution in [-0.4, -0.2) is 34.5 Å². The van der Waals surface area contributed by atoms with Crippen molar-refractivity contribution in [1.29, 1.82) is 0 Å². The van der Waals surface area contributed by atoms with Crippen LogP contribution in [0.15, 0.2) is 24.3 Å². The number of halogens is 1. The summed E-state index contributed by atoms with van der Waals surface area (Å²) < 4.78 is 0. The summed E-state index contributed by atoms with van der Waals surface area (Å²) in [6.45, 7) is 1.80. The molecule has 18 heavy (non-hydrogen) atoms. The van der Waals surface area contributed by atoms with Gasteiger partial charge in [0.05, 0.1) is 22.9 Å². The van der Waals surface area contributed by atoms with Crippen LogP contribution in [0.3, 0.4) is 0 Å². The van der Waals surface area contributed by atoms with Crippen molar-refractivity contribution < 1.29 is 14.7 Å². The van der Waals surface area contributed by atoms with Crippen LogP contribution in [0, 0.1) is 0 Å². The molecule has 0 fully saturated rings. The molecule has 0 bridgehead atoms. The van der Waals surface area contributed by atoms with Gasteiger partial charge >= 0.3 is 0 Å². The van der Waals surface area contributed by atoms with E-state index in [1.807, 2.05) is 0 Å². The molecule has 2 N–H and O–H groups in total. The van der Waals surface area contributed by atoms with Crippen LogP contribution < -0.4 is 5.32 Å². The quantitative estimate of drug-likeness (QED) is 0.865. The highest BCUT2D eigenvalue weighted by molar-refractivity contribution is 8.00. The second kappa shape index (κ2) is 7.41. The zero-order chi connectivity index (χ0) is 13.5. The first-order valence-corrected chi connectivity index (χ1v) is 6.78. The molecule has 0 aliphatic rings. The van der Waals surface area contributed by atoms with Crippen LogP contribution in [-0.2, 0) is 4.79 Å². The average molecular weight is 288 g/mol. The first kappa shape index (κ1) is 15.0. The maximum absolute atomic E-state index is 11.7. The van der Waals surface area contributed by atoms with Gasteiger partial charge in [-0.15, -0.1) is 11.8 Å². The Hall–Kier alpha value is -1.04. The van der Waals surface area contributed by atoms with Crippen LogP contribution in [0.2, 0.25) is 5.02 Å². The summed E-state index contributed by atoms with van der Waals surface area (Å²) in [6.07, 6.45) is 0. The summed E-state index contributed by atoms with van der Waals surface area (Å²) >= 11 is 7.12. The smallest absolute Gasteiger partial charge is 0.259 e. The average Bonchev–Trinajstić information content (AvgIpc) is 2.36. The molecule has 0 spiro atoms. The van der Waals surface area contributed by atoms with Crippen molar-refractivity contribution >= 4 is 35.2 Å². The van der Waals surface area contributed by atoms with Gasteiger partial charge in [0.1, 0.15) is 0 Å². The van der Waals surface area contributed by atoms with Crippen molar-refractivity contribution in [3.8, 4) is 0 Å².